The molecule has 2 atom stereocenters. The Hall–Kier alpha value is -1.07. The van der Waals surface area contributed by atoms with E-state index in [1.165, 1.54) is 0 Å². The molecule has 0 fully saturated rings. The molecule has 0 heterocycles. The third-order valence-electron chi connectivity index (χ3n) is 3.10. The summed E-state index contributed by atoms with van der Waals surface area (Å²) in [5.41, 5.74) is 0. The molecule has 1 aromatic rings. The Morgan fingerprint density at radius 3 is 2.22 bits per heavy atom. The van der Waals surface area contributed by atoms with Gasteiger partial charge in [-0.1, -0.05) is 0 Å². The zero-order chi connectivity index (χ0) is 13.8. The standard InChI is InChI=1S/C13H21NO3S/c1-10(14-3)9-11(2)18(15,16)13-7-5-12(17-4)6-8-13/h5-8,10-11,14H,9H2,1-4H3. The van der Waals surface area contributed by atoms with E-state index in [9.17, 15) is 8.42 Å². The van der Waals surface area contributed by atoms with Crippen LogP contribution < -0.4 is 10.1 Å². The molecule has 102 valence electrons. The summed E-state index contributed by atoms with van der Waals surface area (Å²) in [5, 5.41) is 2.64. The van der Waals surface area contributed by atoms with E-state index in [0.29, 0.717) is 17.1 Å². The summed E-state index contributed by atoms with van der Waals surface area (Å²) >= 11 is 0. The van der Waals surface area contributed by atoms with E-state index in [-0.39, 0.29) is 6.04 Å². The number of rotatable bonds is 6. The minimum Gasteiger partial charge on any atom is -0.497 e. The van der Waals surface area contributed by atoms with E-state index < -0.39 is 15.1 Å². The van der Waals surface area contributed by atoms with E-state index >= 15 is 0 Å². The Kier molecular flexibility index (Phi) is 5.16. The Balaban J connectivity index is 2.90. The first-order valence-electron chi connectivity index (χ1n) is 5.97. The fourth-order valence-corrected chi connectivity index (χ4v) is 3.26. The van der Waals surface area contributed by atoms with Gasteiger partial charge in [0, 0.05) is 6.04 Å². The number of benzene rings is 1. The molecule has 4 nitrogen and oxygen atoms in total. The summed E-state index contributed by atoms with van der Waals surface area (Å²) in [6.45, 7) is 3.72. The van der Waals surface area contributed by atoms with Crippen molar-refractivity contribution in [1.29, 1.82) is 0 Å². The minimum atomic E-state index is -3.26. The van der Waals surface area contributed by atoms with Gasteiger partial charge in [0.05, 0.1) is 17.3 Å². The molecule has 0 saturated carbocycles. The van der Waals surface area contributed by atoms with Crippen molar-refractivity contribution in [2.24, 2.45) is 0 Å². The number of nitrogens with one attached hydrogen (secondary N) is 1. The van der Waals surface area contributed by atoms with E-state index in [1.807, 2.05) is 14.0 Å². The SMILES string of the molecule is CNC(C)CC(C)S(=O)(=O)c1ccc(OC)cc1. The van der Waals surface area contributed by atoms with Gasteiger partial charge in [0.2, 0.25) is 0 Å². The van der Waals surface area contributed by atoms with Crippen LogP contribution in [0.3, 0.4) is 0 Å². The van der Waals surface area contributed by atoms with Gasteiger partial charge in [-0.25, -0.2) is 8.42 Å². The van der Waals surface area contributed by atoms with E-state index in [0.717, 1.165) is 0 Å². The topological polar surface area (TPSA) is 55.4 Å². The molecule has 18 heavy (non-hydrogen) atoms. The lowest BCUT2D eigenvalue weighted by molar-refractivity contribution is 0.414. The van der Waals surface area contributed by atoms with Gasteiger partial charge in [-0.2, -0.15) is 0 Å². The van der Waals surface area contributed by atoms with Crippen LogP contribution in [0.2, 0.25) is 0 Å². The van der Waals surface area contributed by atoms with Gasteiger partial charge in [0.1, 0.15) is 5.75 Å². The fourth-order valence-electron chi connectivity index (χ4n) is 1.74. The van der Waals surface area contributed by atoms with Crippen molar-refractivity contribution in [3.63, 3.8) is 0 Å². The van der Waals surface area contributed by atoms with E-state index in [4.69, 9.17) is 4.74 Å². The van der Waals surface area contributed by atoms with Crippen LogP contribution in [0.15, 0.2) is 29.2 Å². The highest BCUT2D eigenvalue weighted by atomic mass is 32.2. The Bertz CT molecular complexity index is 468. The van der Waals surface area contributed by atoms with Crippen molar-refractivity contribution < 1.29 is 13.2 Å². The predicted octanol–water partition coefficient (Wildman–Crippen LogP) is 1.86. The van der Waals surface area contributed by atoms with Crippen LogP contribution in [-0.2, 0) is 9.84 Å². The molecule has 5 heteroatoms. The molecule has 0 spiro atoms. The Morgan fingerprint density at radius 1 is 1.22 bits per heavy atom. The molecule has 0 bridgehead atoms. The summed E-state index contributed by atoms with van der Waals surface area (Å²) in [4.78, 5) is 0.346. The molecule has 1 rings (SSSR count). The monoisotopic (exact) mass is 271 g/mol. The molecule has 0 saturated heterocycles. The summed E-state index contributed by atoms with van der Waals surface area (Å²) in [5.74, 6) is 0.658. The summed E-state index contributed by atoms with van der Waals surface area (Å²) in [6.07, 6.45) is 0.588. The average molecular weight is 271 g/mol. The first kappa shape index (κ1) is 15.0. The van der Waals surface area contributed by atoms with Crippen molar-refractivity contribution >= 4 is 9.84 Å². The second kappa shape index (κ2) is 6.20. The van der Waals surface area contributed by atoms with Crippen LogP contribution in [0.1, 0.15) is 20.3 Å². The van der Waals surface area contributed by atoms with Gasteiger partial charge < -0.3 is 10.1 Å². The van der Waals surface area contributed by atoms with Crippen molar-refractivity contribution in [1.82, 2.24) is 5.32 Å². The van der Waals surface area contributed by atoms with Crippen molar-refractivity contribution in [3.05, 3.63) is 24.3 Å². The van der Waals surface area contributed by atoms with Crippen molar-refractivity contribution in [2.45, 2.75) is 36.5 Å². The number of methoxy groups -OCH3 is 1. The third kappa shape index (κ3) is 3.46. The van der Waals surface area contributed by atoms with E-state index in [2.05, 4.69) is 5.32 Å². The fraction of sp³-hybridized carbons (Fsp3) is 0.538. The molecular formula is C13H21NO3S. The maximum atomic E-state index is 12.3. The highest BCUT2D eigenvalue weighted by molar-refractivity contribution is 7.92. The molecule has 0 aliphatic heterocycles. The second-order valence-corrected chi connectivity index (χ2v) is 6.82. The summed E-state index contributed by atoms with van der Waals surface area (Å²) < 4.78 is 29.6. The Morgan fingerprint density at radius 2 is 1.78 bits per heavy atom. The molecule has 1 N–H and O–H groups in total. The number of hydrogen-bond acceptors (Lipinski definition) is 4. The number of hydrogen-bond donors (Lipinski definition) is 1. The first-order valence-corrected chi connectivity index (χ1v) is 7.51. The van der Waals surface area contributed by atoms with Gasteiger partial charge in [-0.15, -0.1) is 0 Å². The zero-order valence-corrected chi connectivity index (χ0v) is 12.1. The summed E-state index contributed by atoms with van der Waals surface area (Å²) in [6, 6.07) is 6.69. The summed E-state index contributed by atoms with van der Waals surface area (Å²) in [7, 11) is 0.122. The minimum absolute atomic E-state index is 0.174. The van der Waals surface area contributed by atoms with Gasteiger partial charge in [-0.05, 0) is 51.6 Å². The highest BCUT2D eigenvalue weighted by Crippen LogP contribution is 2.21. The number of sulfone groups is 1. The molecule has 1 aromatic carbocycles. The van der Waals surface area contributed by atoms with E-state index in [1.54, 1.807) is 38.3 Å². The van der Waals surface area contributed by atoms with Crippen LogP contribution in [0.5, 0.6) is 5.75 Å². The van der Waals surface area contributed by atoms with Crippen LogP contribution in [0, 0.1) is 0 Å². The molecule has 0 aliphatic carbocycles. The lowest BCUT2D eigenvalue weighted by Crippen LogP contribution is -2.29. The molecule has 0 radical (unpaired) electrons. The largest absolute Gasteiger partial charge is 0.497 e. The van der Waals surface area contributed by atoms with Crippen molar-refractivity contribution in [3.8, 4) is 5.75 Å². The molecular weight excluding hydrogens is 250 g/mol. The highest BCUT2D eigenvalue weighted by Gasteiger charge is 2.24. The maximum Gasteiger partial charge on any atom is 0.181 e. The smallest absolute Gasteiger partial charge is 0.181 e. The normalized spacial score (nSPS) is 15.1. The van der Waals surface area contributed by atoms with Gasteiger partial charge in [0.25, 0.3) is 0 Å². The molecule has 0 amide bonds. The van der Waals surface area contributed by atoms with Crippen LogP contribution in [0.25, 0.3) is 0 Å². The lowest BCUT2D eigenvalue weighted by atomic mass is 10.2. The molecule has 0 aliphatic rings. The Labute approximate surface area is 109 Å². The maximum absolute atomic E-state index is 12.3. The van der Waals surface area contributed by atoms with Crippen LogP contribution >= 0.6 is 0 Å². The quantitative estimate of drug-likeness (QED) is 0.858. The first-order chi connectivity index (χ1) is 8.41. The van der Waals surface area contributed by atoms with Crippen LogP contribution in [0.4, 0.5) is 0 Å². The number of ether oxygens (including phenoxy) is 1. The zero-order valence-electron chi connectivity index (χ0n) is 11.3. The average Bonchev–Trinajstić information content (AvgIpc) is 2.38. The predicted molar refractivity (Wildman–Crippen MR) is 72.8 cm³/mol. The lowest BCUT2D eigenvalue weighted by Gasteiger charge is -2.17. The third-order valence-corrected chi connectivity index (χ3v) is 5.28. The molecule has 0 aromatic heterocycles. The van der Waals surface area contributed by atoms with Gasteiger partial charge in [0.15, 0.2) is 9.84 Å². The van der Waals surface area contributed by atoms with Gasteiger partial charge >= 0.3 is 0 Å². The van der Waals surface area contributed by atoms with Crippen LogP contribution in [-0.4, -0.2) is 33.9 Å². The second-order valence-electron chi connectivity index (χ2n) is 4.46. The van der Waals surface area contributed by atoms with Gasteiger partial charge in [-0.3, -0.25) is 0 Å². The molecule has 2 unspecified atom stereocenters. The van der Waals surface area contributed by atoms with Crippen molar-refractivity contribution in [2.75, 3.05) is 14.2 Å².